The van der Waals surface area contributed by atoms with E-state index in [1.165, 1.54) is 7.11 Å². The third kappa shape index (κ3) is 4.91. The summed E-state index contributed by atoms with van der Waals surface area (Å²) in [5.74, 6) is -2.02. The minimum atomic E-state index is -2.17. The van der Waals surface area contributed by atoms with Crippen molar-refractivity contribution in [3.63, 3.8) is 0 Å². The van der Waals surface area contributed by atoms with E-state index >= 15 is 0 Å². The number of morpholine rings is 1. The highest BCUT2D eigenvalue weighted by Crippen LogP contribution is 2.55. The number of fused-ring (bicyclic) bond motifs is 3. The van der Waals surface area contributed by atoms with Crippen LogP contribution < -0.4 is 4.74 Å². The van der Waals surface area contributed by atoms with Crippen LogP contribution in [-0.2, 0) is 25.4 Å². The molecule has 2 fully saturated rings. The van der Waals surface area contributed by atoms with Crippen molar-refractivity contribution in [1.82, 2.24) is 4.90 Å². The smallest absolute Gasteiger partial charge is 0.198 e. The number of aliphatic hydroxyl groups excluding tert-OH is 2. The van der Waals surface area contributed by atoms with E-state index in [9.17, 15) is 35.1 Å². The van der Waals surface area contributed by atoms with Gasteiger partial charge in [0.2, 0.25) is 0 Å². The molecule has 2 heterocycles. The van der Waals surface area contributed by atoms with E-state index in [-0.39, 0.29) is 64.3 Å². The maximum Gasteiger partial charge on any atom is 0.198 e. The number of carbonyl (C=O) groups excluding carboxylic acids is 2. The van der Waals surface area contributed by atoms with Gasteiger partial charge in [0, 0.05) is 59.7 Å². The number of hydrogen-bond donors (Lipinski definition) is 5. The summed E-state index contributed by atoms with van der Waals surface area (Å²) in [4.78, 5) is 28.5. The van der Waals surface area contributed by atoms with Gasteiger partial charge in [0.1, 0.15) is 35.7 Å². The van der Waals surface area contributed by atoms with Gasteiger partial charge in [-0.05, 0) is 25.0 Å². The van der Waals surface area contributed by atoms with Crippen molar-refractivity contribution in [2.75, 3.05) is 33.5 Å². The van der Waals surface area contributed by atoms with Crippen LogP contribution in [0.3, 0.4) is 0 Å². The number of hydrogen-bond acceptors (Lipinski definition) is 12. The second-order valence-electron chi connectivity index (χ2n) is 11.9. The molecule has 12 heteroatoms. The van der Waals surface area contributed by atoms with Gasteiger partial charge in [-0.3, -0.25) is 14.5 Å². The average Bonchev–Trinajstić information content (AvgIpc) is 3.00. The first-order chi connectivity index (χ1) is 21.0. The lowest BCUT2D eigenvalue weighted by Crippen LogP contribution is -2.55. The van der Waals surface area contributed by atoms with Crippen molar-refractivity contribution in [2.24, 2.45) is 0 Å². The summed E-state index contributed by atoms with van der Waals surface area (Å²) in [5, 5.41) is 55.2. The molecule has 0 unspecified atom stereocenters. The molecule has 2 aromatic rings. The third-order valence-corrected chi connectivity index (χ3v) is 9.27. The third-order valence-electron chi connectivity index (χ3n) is 9.27. The van der Waals surface area contributed by atoms with Gasteiger partial charge < -0.3 is 44.5 Å². The molecule has 2 aliphatic heterocycles. The van der Waals surface area contributed by atoms with Crippen LogP contribution in [0.2, 0.25) is 0 Å². The molecule has 44 heavy (non-hydrogen) atoms. The zero-order valence-corrected chi connectivity index (χ0v) is 24.6. The number of ketones is 2. The molecule has 236 valence electrons. The van der Waals surface area contributed by atoms with Gasteiger partial charge in [-0.1, -0.05) is 18.7 Å². The molecule has 4 aliphatic rings. The Hall–Kier alpha value is -3.36. The van der Waals surface area contributed by atoms with E-state index in [0.717, 1.165) is 0 Å². The summed E-state index contributed by atoms with van der Waals surface area (Å²) < 4.78 is 23.4. The molecule has 2 saturated heterocycles. The number of methoxy groups -OCH3 is 1. The number of nitrogens with zero attached hydrogens (tertiary/aromatic N) is 1. The summed E-state index contributed by atoms with van der Waals surface area (Å²) in [6, 6.07) is 4.72. The monoisotopic (exact) mass is 611 g/mol. The number of aliphatic hydroxyl groups is 3. The van der Waals surface area contributed by atoms with Crippen LogP contribution in [0.15, 0.2) is 24.8 Å². The van der Waals surface area contributed by atoms with Crippen molar-refractivity contribution in [3.8, 4) is 17.2 Å². The highest BCUT2D eigenvalue weighted by Gasteiger charge is 2.49. The van der Waals surface area contributed by atoms with E-state index in [0.29, 0.717) is 37.3 Å². The van der Waals surface area contributed by atoms with E-state index < -0.39 is 54.6 Å². The second kappa shape index (κ2) is 11.5. The number of rotatable bonds is 6. The Morgan fingerprint density at radius 1 is 1.18 bits per heavy atom. The van der Waals surface area contributed by atoms with Crippen molar-refractivity contribution < 1.29 is 54.1 Å². The standard InChI is InChI=1S/C32H37NO11/c1-15-9-17(33-7-8-42-14-23(33)36)10-24(43-15)44-21-12-32(40,22(35)13-34)11-19-27(21)31(39)26-16(2)25-18(5-4-6-20(25)41-3)29(37)28(26)30(19)38/h4-6,15,17,21,23-24,34,36,38-40H,2,7-14H2,1,3H3/t15-,17+,21-,23+,24-,32-/m0/s1. The molecule has 2 aromatic carbocycles. The molecule has 6 atom stereocenters. The molecule has 0 aromatic heterocycles. The minimum absolute atomic E-state index is 0.00280. The number of phenolic OH excluding ortho intramolecular Hbond substituents is 2. The maximum absolute atomic E-state index is 13.8. The van der Waals surface area contributed by atoms with E-state index in [1.807, 2.05) is 11.8 Å². The lowest BCUT2D eigenvalue weighted by molar-refractivity contribution is -0.243. The predicted octanol–water partition coefficient (Wildman–Crippen LogP) is 1.55. The molecule has 0 amide bonds. The fraction of sp³-hybridized carbons (Fsp3) is 0.500. The number of phenols is 2. The predicted molar refractivity (Wildman–Crippen MR) is 154 cm³/mol. The van der Waals surface area contributed by atoms with E-state index in [1.54, 1.807) is 18.2 Å². The van der Waals surface area contributed by atoms with Gasteiger partial charge in [0.25, 0.3) is 0 Å². The lowest BCUT2D eigenvalue weighted by Gasteiger charge is -2.45. The van der Waals surface area contributed by atoms with E-state index in [2.05, 4.69) is 6.58 Å². The Kier molecular flexibility index (Phi) is 8.03. The summed E-state index contributed by atoms with van der Waals surface area (Å²) in [7, 11) is 1.45. The molecule has 12 nitrogen and oxygen atoms in total. The Morgan fingerprint density at radius 2 is 1.95 bits per heavy atom. The van der Waals surface area contributed by atoms with Gasteiger partial charge in [0.15, 0.2) is 17.9 Å². The highest BCUT2D eigenvalue weighted by atomic mass is 16.7. The van der Waals surface area contributed by atoms with Gasteiger partial charge in [0.05, 0.1) is 38.1 Å². The number of benzene rings is 2. The number of Topliss-reactive ketones (excluding diaryl/α,β-unsaturated/α-hetero) is 1. The molecule has 0 saturated carbocycles. The molecule has 0 radical (unpaired) electrons. The molecular weight excluding hydrogens is 574 g/mol. The molecule has 0 spiro atoms. The van der Waals surface area contributed by atoms with Crippen LogP contribution >= 0.6 is 0 Å². The first-order valence-electron chi connectivity index (χ1n) is 14.7. The lowest BCUT2D eigenvalue weighted by atomic mass is 9.71. The summed E-state index contributed by atoms with van der Waals surface area (Å²) in [6.07, 6.45) is -3.02. The van der Waals surface area contributed by atoms with Crippen LogP contribution in [0, 0.1) is 0 Å². The minimum Gasteiger partial charge on any atom is -0.507 e. The normalized spacial score (nSPS) is 30.3. The van der Waals surface area contributed by atoms with Gasteiger partial charge in [-0.25, -0.2) is 0 Å². The van der Waals surface area contributed by atoms with Gasteiger partial charge in [-0.15, -0.1) is 0 Å². The van der Waals surface area contributed by atoms with Crippen LogP contribution in [0.5, 0.6) is 17.2 Å². The quantitative estimate of drug-likeness (QED) is 0.255. The summed E-state index contributed by atoms with van der Waals surface area (Å²) in [6.45, 7) is 6.21. The average molecular weight is 612 g/mol. The van der Waals surface area contributed by atoms with Crippen LogP contribution in [0.4, 0.5) is 0 Å². The number of ether oxygens (including phenoxy) is 4. The van der Waals surface area contributed by atoms with Crippen molar-refractivity contribution in [3.05, 3.63) is 58.2 Å². The Morgan fingerprint density at radius 3 is 2.66 bits per heavy atom. The fourth-order valence-corrected chi connectivity index (χ4v) is 7.19. The second-order valence-corrected chi connectivity index (χ2v) is 11.9. The summed E-state index contributed by atoms with van der Waals surface area (Å²) >= 11 is 0. The zero-order chi connectivity index (χ0) is 31.5. The molecule has 2 aliphatic carbocycles. The molecular formula is C32H37NO11. The molecule has 5 N–H and O–H groups in total. The summed E-state index contributed by atoms with van der Waals surface area (Å²) in [5.41, 5.74) is -1.50. The van der Waals surface area contributed by atoms with Crippen molar-refractivity contribution >= 4 is 17.1 Å². The van der Waals surface area contributed by atoms with Gasteiger partial charge >= 0.3 is 0 Å². The Labute approximate surface area is 254 Å². The molecule has 6 rings (SSSR count). The molecule has 0 bridgehead atoms. The van der Waals surface area contributed by atoms with Crippen LogP contribution in [-0.4, -0.2) is 106 Å². The van der Waals surface area contributed by atoms with Gasteiger partial charge in [-0.2, -0.15) is 0 Å². The highest BCUT2D eigenvalue weighted by molar-refractivity contribution is 6.21. The Bertz CT molecular complexity index is 1520. The first kappa shape index (κ1) is 30.7. The first-order valence-corrected chi connectivity index (χ1v) is 14.7. The fourth-order valence-electron chi connectivity index (χ4n) is 7.19. The van der Waals surface area contributed by atoms with E-state index in [4.69, 9.17) is 18.9 Å². The largest absolute Gasteiger partial charge is 0.507 e. The van der Waals surface area contributed by atoms with Crippen LogP contribution in [0.1, 0.15) is 70.5 Å². The SMILES string of the molecule is C=C1c2c(OC)cccc2C(=O)c2c(O)c3c(c(O)c21)[C@@H](O[C@H]1C[C@H](N2CCOC[C@H]2O)C[C@H](C)O1)C[C@](O)(C(=O)CO)C3. The van der Waals surface area contributed by atoms with Crippen molar-refractivity contribution in [1.29, 1.82) is 0 Å². The number of aromatic hydroxyl groups is 2. The zero-order valence-electron chi connectivity index (χ0n) is 24.6. The number of carbonyl (C=O) groups is 2. The van der Waals surface area contributed by atoms with Crippen LogP contribution in [0.25, 0.3) is 5.57 Å². The maximum atomic E-state index is 13.8. The topological polar surface area (TPSA) is 175 Å². The van der Waals surface area contributed by atoms with Crippen molar-refractivity contribution in [2.45, 2.75) is 69.0 Å². The Balaban J connectivity index is 1.44.